The minimum atomic E-state index is 1.02. The number of rotatable bonds is 3. The monoisotopic (exact) mass is 312 g/mol. The molecule has 3 aromatic heterocycles. The highest BCUT2D eigenvalue weighted by Crippen LogP contribution is 2.37. The van der Waals surface area contributed by atoms with Crippen LogP contribution < -0.4 is 0 Å². The van der Waals surface area contributed by atoms with E-state index in [1.54, 1.807) is 0 Å². The first kappa shape index (κ1) is 13.9. The Morgan fingerprint density at radius 1 is 1.18 bits per heavy atom. The summed E-state index contributed by atoms with van der Waals surface area (Å²) < 4.78 is 1.32. The van der Waals surface area contributed by atoms with Gasteiger partial charge in [0.15, 0.2) is 0 Å². The van der Waals surface area contributed by atoms with E-state index in [1.807, 2.05) is 29.8 Å². The summed E-state index contributed by atoms with van der Waals surface area (Å²) in [4.78, 5) is 14.3. The number of piperazine rings is 1. The molecule has 0 aliphatic carbocycles. The van der Waals surface area contributed by atoms with Gasteiger partial charge in [0, 0.05) is 55.6 Å². The van der Waals surface area contributed by atoms with E-state index in [0.29, 0.717) is 0 Å². The van der Waals surface area contributed by atoms with Gasteiger partial charge in [0.1, 0.15) is 0 Å². The smallest absolute Gasteiger partial charge is 0.0734 e. The number of hydrogen-bond acceptors (Lipinski definition) is 4. The third-order valence-electron chi connectivity index (χ3n) is 4.35. The maximum atomic E-state index is 4.58. The third kappa shape index (κ3) is 2.56. The Morgan fingerprint density at radius 3 is 2.82 bits per heavy atom. The SMILES string of the molecule is CN1CCN(Cc2sc3cc[nH]c3c2-c2ccccn2)CC1. The molecule has 0 bridgehead atoms. The van der Waals surface area contributed by atoms with Crippen LogP contribution in [0.2, 0.25) is 0 Å². The summed E-state index contributed by atoms with van der Waals surface area (Å²) in [6.45, 7) is 5.62. The average Bonchev–Trinajstić information content (AvgIpc) is 3.11. The Hall–Kier alpha value is -1.69. The quantitative estimate of drug-likeness (QED) is 0.807. The Morgan fingerprint density at radius 2 is 2.05 bits per heavy atom. The van der Waals surface area contributed by atoms with Crippen molar-refractivity contribution in [3.63, 3.8) is 0 Å². The molecule has 4 heterocycles. The molecular formula is C17H20N4S. The van der Waals surface area contributed by atoms with Gasteiger partial charge in [0.05, 0.1) is 15.9 Å². The largest absolute Gasteiger partial charge is 0.360 e. The number of nitrogens with zero attached hydrogens (tertiary/aromatic N) is 3. The number of fused-ring (bicyclic) bond motifs is 1. The van der Waals surface area contributed by atoms with Crippen LogP contribution in [0.1, 0.15) is 4.88 Å². The van der Waals surface area contributed by atoms with Crippen molar-refractivity contribution in [1.29, 1.82) is 0 Å². The second-order valence-electron chi connectivity index (χ2n) is 5.91. The first-order valence-electron chi connectivity index (χ1n) is 7.72. The second-order valence-corrected chi connectivity index (χ2v) is 7.05. The van der Waals surface area contributed by atoms with Crippen molar-refractivity contribution in [3.05, 3.63) is 41.5 Å². The van der Waals surface area contributed by atoms with Crippen molar-refractivity contribution in [3.8, 4) is 11.3 Å². The number of thiophene rings is 1. The van der Waals surface area contributed by atoms with Crippen LogP contribution in [0.3, 0.4) is 0 Å². The fraction of sp³-hybridized carbons (Fsp3) is 0.353. The molecule has 1 aliphatic rings. The molecule has 1 N–H and O–H groups in total. The van der Waals surface area contributed by atoms with E-state index in [0.717, 1.165) is 38.4 Å². The average molecular weight is 312 g/mol. The highest BCUT2D eigenvalue weighted by atomic mass is 32.1. The highest BCUT2D eigenvalue weighted by molar-refractivity contribution is 7.19. The van der Waals surface area contributed by atoms with Gasteiger partial charge in [0.2, 0.25) is 0 Å². The van der Waals surface area contributed by atoms with E-state index in [2.05, 4.69) is 45.0 Å². The lowest BCUT2D eigenvalue weighted by Gasteiger charge is -2.32. The zero-order valence-electron chi connectivity index (χ0n) is 12.7. The maximum Gasteiger partial charge on any atom is 0.0734 e. The lowest BCUT2D eigenvalue weighted by Crippen LogP contribution is -2.43. The number of nitrogens with one attached hydrogen (secondary N) is 1. The van der Waals surface area contributed by atoms with Crippen LogP contribution in [-0.4, -0.2) is 53.0 Å². The minimum absolute atomic E-state index is 1.02. The summed E-state index contributed by atoms with van der Waals surface area (Å²) in [6.07, 6.45) is 3.90. The van der Waals surface area contributed by atoms with Crippen LogP contribution in [0.4, 0.5) is 0 Å². The molecule has 0 radical (unpaired) electrons. The summed E-state index contributed by atoms with van der Waals surface area (Å²) in [6, 6.07) is 8.31. The van der Waals surface area contributed by atoms with Gasteiger partial charge in [-0.2, -0.15) is 0 Å². The minimum Gasteiger partial charge on any atom is -0.360 e. The summed E-state index contributed by atoms with van der Waals surface area (Å²) in [7, 11) is 2.20. The topological polar surface area (TPSA) is 35.2 Å². The van der Waals surface area contributed by atoms with Gasteiger partial charge in [-0.1, -0.05) is 6.07 Å². The molecule has 4 rings (SSSR count). The van der Waals surface area contributed by atoms with Gasteiger partial charge in [-0.15, -0.1) is 11.3 Å². The number of pyridine rings is 1. The molecule has 114 valence electrons. The lowest BCUT2D eigenvalue weighted by molar-refractivity contribution is 0.149. The lowest BCUT2D eigenvalue weighted by atomic mass is 10.1. The second kappa shape index (κ2) is 5.83. The fourth-order valence-corrected chi connectivity index (χ4v) is 4.28. The molecule has 0 saturated carbocycles. The molecule has 1 fully saturated rings. The summed E-state index contributed by atoms with van der Waals surface area (Å²) >= 11 is 1.89. The van der Waals surface area contributed by atoms with Crippen LogP contribution >= 0.6 is 11.3 Å². The van der Waals surface area contributed by atoms with Crippen molar-refractivity contribution >= 4 is 21.6 Å². The standard InChI is InChI=1S/C17H20N4S/c1-20-8-10-21(11-9-20)12-15-16(13-4-2-3-6-18-13)17-14(22-15)5-7-19-17/h2-7,19H,8-12H2,1H3. The normalized spacial score (nSPS) is 17.3. The summed E-state index contributed by atoms with van der Waals surface area (Å²) in [5.41, 5.74) is 3.58. The first-order valence-corrected chi connectivity index (χ1v) is 8.54. The number of aromatic amines is 1. The predicted molar refractivity (Wildman–Crippen MR) is 92.2 cm³/mol. The molecule has 4 nitrogen and oxygen atoms in total. The van der Waals surface area contributed by atoms with Crippen LogP contribution in [0, 0.1) is 0 Å². The number of hydrogen-bond donors (Lipinski definition) is 1. The number of likely N-dealkylation sites (N-methyl/N-ethyl adjacent to an activating group) is 1. The molecule has 5 heteroatoms. The molecule has 0 unspecified atom stereocenters. The Kier molecular flexibility index (Phi) is 3.70. The molecule has 3 aromatic rings. The molecular weight excluding hydrogens is 292 g/mol. The molecule has 22 heavy (non-hydrogen) atoms. The van der Waals surface area contributed by atoms with E-state index in [4.69, 9.17) is 0 Å². The van der Waals surface area contributed by atoms with Crippen molar-refractivity contribution in [1.82, 2.24) is 19.8 Å². The first-order chi connectivity index (χ1) is 10.8. The fourth-order valence-electron chi connectivity index (χ4n) is 3.06. The van der Waals surface area contributed by atoms with Crippen molar-refractivity contribution in [2.45, 2.75) is 6.54 Å². The maximum absolute atomic E-state index is 4.58. The van der Waals surface area contributed by atoms with E-state index in [1.165, 1.54) is 20.7 Å². The van der Waals surface area contributed by atoms with Gasteiger partial charge in [0.25, 0.3) is 0 Å². The van der Waals surface area contributed by atoms with Crippen molar-refractivity contribution in [2.24, 2.45) is 0 Å². The third-order valence-corrected chi connectivity index (χ3v) is 5.49. The van der Waals surface area contributed by atoms with Crippen LogP contribution in [0.25, 0.3) is 21.5 Å². The van der Waals surface area contributed by atoms with Gasteiger partial charge >= 0.3 is 0 Å². The summed E-state index contributed by atoms with van der Waals surface area (Å²) in [5, 5.41) is 0. The van der Waals surface area contributed by atoms with Gasteiger partial charge in [-0.3, -0.25) is 9.88 Å². The van der Waals surface area contributed by atoms with E-state index >= 15 is 0 Å². The Balaban J connectivity index is 1.70. The molecule has 0 spiro atoms. The highest BCUT2D eigenvalue weighted by Gasteiger charge is 2.20. The van der Waals surface area contributed by atoms with E-state index < -0.39 is 0 Å². The molecule has 1 aliphatic heterocycles. The zero-order valence-corrected chi connectivity index (χ0v) is 13.6. The van der Waals surface area contributed by atoms with E-state index in [9.17, 15) is 0 Å². The van der Waals surface area contributed by atoms with Gasteiger partial charge < -0.3 is 9.88 Å². The van der Waals surface area contributed by atoms with Crippen LogP contribution in [0.5, 0.6) is 0 Å². The predicted octanol–water partition coefficient (Wildman–Crippen LogP) is 3.04. The Bertz CT molecular complexity index is 753. The zero-order chi connectivity index (χ0) is 14.9. The number of H-pyrrole nitrogens is 1. The van der Waals surface area contributed by atoms with Gasteiger partial charge in [-0.05, 0) is 25.2 Å². The Labute approximate surface area is 134 Å². The number of aromatic nitrogens is 2. The molecule has 0 aromatic carbocycles. The molecule has 0 atom stereocenters. The van der Waals surface area contributed by atoms with Crippen molar-refractivity contribution < 1.29 is 0 Å². The van der Waals surface area contributed by atoms with E-state index in [-0.39, 0.29) is 0 Å². The van der Waals surface area contributed by atoms with Gasteiger partial charge in [-0.25, -0.2) is 0 Å². The van der Waals surface area contributed by atoms with Crippen molar-refractivity contribution in [2.75, 3.05) is 33.2 Å². The summed E-state index contributed by atoms with van der Waals surface area (Å²) in [5.74, 6) is 0. The molecule has 1 saturated heterocycles. The van der Waals surface area contributed by atoms with Crippen LogP contribution in [0.15, 0.2) is 36.7 Å². The molecule has 0 amide bonds. The van der Waals surface area contributed by atoms with Crippen LogP contribution in [-0.2, 0) is 6.54 Å².